The summed E-state index contributed by atoms with van der Waals surface area (Å²) in [5.74, 6) is 0. The molecule has 0 bridgehead atoms. The molecule has 0 saturated carbocycles. The molecule has 0 radical (unpaired) electrons. The Morgan fingerprint density at radius 2 is 2.07 bits per heavy atom. The van der Waals surface area contributed by atoms with E-state index in [1.807, 2.05) is 0 Å². The average molecular weight is 220 g/mol. The van der Waals surface area contributed by atoms with Crippen molar-refractivity contribution in [2.45, 2.75) is 25.5 Å². The Balaban J connectivity index is 4.82. The van der Waals surface area contributed by atoms with E-state index in [0.29, 0.717) is 0 Å². The summed E-state index contributed by atoms with van der Waals surface area (Å²) < 4.78 is 24.5. The molecule has 1 N–H and O–H groups in total. The monoisotopic (exact) mass is 220 g/mol. The van der Waals surface area contributed by atoms with Gasteiger partial charge >= 0.3 is 0 Å². The largest absolute Gasteiger partial charge is 0.395 e. The first kappa shape index (κ1) is 13.4. The molecule has 14 heavy (non-hydrogen) atoms. The van der Waals surface area contributed by atoms with E-state index in [4.69, 9.17) is 10.4 Å². The molecule has 0 spiro atoms. The summed E-state index contributed by atoms with van der Waals surface area (Å²) in [5, 5.41) is 16.3. The number of aliphatic hydroxyl groups excluding tert-OH is 1. The quantitative estimate of drug-likeness (QED) is 0.679. The first-order chi connectivity index (χ1) is 6.54. The second-order valence-electron chi connectivity index (χ2n) is 2.79. The van der Waals surface area contributed by atoms with E-state index < -0.39 is 15.3 Å². The normalized spacial score (nSPS) is 13.9. The lowest BCUT2D eigenvalue weighted by Crippen LogP contribution is -2.39. The lowest BCUT2D eigenvalue weighted by Gasteiger charge is -2.21. The van der Waals surface area contributed by atoms with Gasteiger partial charge in [-0.1, -0.05) is 13.8 Å². The predicted molar refractivity (Wildman–Crippen MR) is 52.9 cm³/mol. The predicted octanol–water partition coefficient (Wildman–Crippen LogP) is -0.0674. The molecule has 0 aliphatic carbocycles. The Bertz CT molecular complexity index is 294. The van der Waals surface area contributed by atoms with Crippen LogP contribution >= 0.6 is 0 Å². The van der Waals surface area contributed by atoms with Crippen molar-refractivity contribution in [3.8, 4) is 6.07 Å². The Morgan fingerprint density at radius 1 is 1.50 bits per heavy atom. The van der Waals surface area contributed by atoms with Crippen LogP contribution < -0.4 is 0 Å². The highest BCUT2D eigenvalue weighted by Gasteiger charge is 2.29. The number of nitriles is 1. The van der Waals surface area contributed by atoms with Crippen molar-refractivity contribution in [3.05, 3.63) is 0 Å². The molecule has 0 aromatic carbocycles. The minimum atomic E-state index is -3.56. The van der Waals surface area contributed by atoms with Gasteiger partial charge in [0.2, 0.25) is 10.0 Å². The Kier molecular flexibility index (Phi) is 5.69. The second-order valence-corrected chi connectivity index (χ2v) is 4.90. The zero-order valence-electron chi connectivity index (χ0n) is 8.47. The molecular weight excluding hydrogens is 204 g/mol. The van der Waals surface area contributed by atoms with Gasteiger partial charge in [-0.25, -0.2) is 8.42 Å². The number of hydrogen-bond donors (Lipinski definition) is 1. The molecule has 0 aliphatic rings. The summed E-state index contributed by atoms with van der Waals surface area (Å²) in [4.78, 5) is 0. The summed E-state index contributed by atoms with van der Waals surface area (Å²) in [5.41, 5.74) is 0. The minimum Gasteiger partial charge on any atom is -0.395 e. The fourth-order valence-electron chi connectivity index (χ4n) is 1.13. The Morgan fingerprint density at radius 3 is 2.36 bits per heavy atom. The van der Waals surface area contributed by atoms with Crippen molar-refractivity contribution in [2.75, 3.05) is 19.7 Å². The van der Waals surface area contributed by atoms with Gasteiger partial charge in [0.15, 0.2) is 5.25 Å². The zero-order valence-corrected chi connectivity index (χ0v) is 9.29. The molecule has 0 aromatic rings. The van der Waals surface area contributed by atoms with E-state index in [0.717, 1.165) is 4.31 Å². The maximum atomic E-state index is 11.7. The fraction of sp³-hybridized carbons (Fsp3) is 0.875. The van der Waals surface area contributed by atoms with Gasteiger partial charge in [0.1, 0.15) is 0 Å². The number of hydrogen-bond acceptors (Lipinski definition) is 4. The molecule has 6 heteroatoms. The van der Waals surface area contributed by atoms with Crippen molar-refractivity contribution < 1.29 is 13.5 Å². The molecule has 1 atom stereocenters. The van der Waals surface area contributed by atoms with E-state index in [1.54, 1.807) is 19.9 Å². The van der Waals surface area contributed by atoms with Crippen LogP contribution in [0.15, 0.2) is 0 Å². The topological polar surface area (TPSA) is 81.4 Å². The maximum Gasteiger partial charge on any atom is 0.230 e. The summed E-state index contributed by atoms with van der Waals surface area (Å²) in [6.45, 7) is 3.43. The van der Waals surface area contributed by atoms with Crippen LogP contribution in [0.2, 0.25) is 0 Å². The first-order valence-electron chi connectivity index (χ1n) is 4.54. The second kappa shape index (κ2) is 5.96. The van der Waals surface area contributed by atoms with Crippen LogP contribution in [0.1, 0.15) is 20.3 Å². The molecule has 0 fully saturated rings. The van der Waals surface area contributed by atoms with Crippen LogP contribution in [0, 0.1) is 11.3 Å². The van der Waals surface area contributed by atoms with Gasteiger partial charge in [-0.05, 0) is 6.42 Å². The zero-order chi connectivity index (χ0) is 11.2. The lowest BCUT2D eigenvalue weighted by atomic mass is 10.4. The number of rotatable bonds is 6. The highest BCUT2D eigenvalue weighted by atomic mass is 32.2. The molecule has 0 amide bonds. The summed E-state index contributed by atoms with van der Waals surface area (Å²) in [6, 6.07) is 1.75. The van der Waals surface area contributed by atoms with Crippen molar-refractivity contribution in [1.82, 2.24) is 4.31 Å². The van der Waals surface area contributed by atoms with E-state index in [-0.39, 0.29) is 26.1 Å². The third-order valence-electron chi connectivity index (χ3n) is 1.94. The molecule has 0 heterocycles. The summed E-state index contributed by atoms with van der Waals surface area (Å²) >= 11 is 0. The van der Waals surface area contributed by atoms with E-state index in [2.05, 4.69) is 0 Å². The molecule has 82 valence electrons. The molecule has 0 saturated heterocycles. The number of aliphatic hydroxyl groups is 1. The van der Waals surface area contributed by atoms with Crippen molar-refractivity contribution >= 4 is 10.0 Å². The van der Waals surface area contributed by atoms with E-state index in [1.165, 1.54) is 0 Å². The smallest absolute Gasteiger partial charge is 0.230 e. The van der Waals surface area contributed by atoms with E-state index in [9.17, 15) is 8.42 Å². The van der Waals surface area contributed by atoms with Gasteiger partial charge in [0.05, 0.1) is 12.7 Å². The van der Waals surface area contributed by atoms with Crippen LogP contribution in [0.4, 0.5) is 0 Å². The van der Waals surface area contributed by atoms with Gasteiger partial charge in [-0.3, -0.25) is 0 Å². The van der Waals surface area contributed by atoms with Crippen LogP contribution in [0.25, 0.3) is 0 Å². The highest BCUT2D eigenvalue weighted by molar-refractivity contribution is 7.90. The van der Waals surface area contributed by atoms with Crippen LogP contribution in [-0.4, -0.2) is 42.8 Å². The molecule has 0 rings (SSSR count). The number of sulfonamides is 1. The summed E-state index contributed by atoms with van der Waals surface area (Å²) in [6.07, 6.45) is 0.265. The molecule has 0 aromatic heterocycles. The highest BCUT2D eigenvalue weighted by Crippen LogP contribution is 2.10. The van der Waals surface area contributed by atoms with Gasteiger partial charge in [0, 0.05) is 13.1 Å². The van der Waals surface area contributed by atoms with Crippen LogP contribution in [0.5, 0.6) is 0 Å². The SMILES string of the molecule is CCC(C#N)S(=O)(=O)N(CC)CCO. The van der Waals surface area contributed by atoms with Gasteiger partial charge in [-0.15, -0.1) is 0 Å². The Labute approximate surface area is 85.0 Å². The third-order valence-corrected chi connectivity index (χ3v) is 4.25. The van der Waals surface area contributed by atoms with Crippen molar-refractivity contribution in [2.24, 2.45) is 0 Å². The Hall–Kier alpha value is -0.640. The molecular formula is C8H16N2O3S. The van der Waals surface area contributed by atoms with Crippen LogP contribution in [-0.2, 0) is 10.0 Å². The standard InChI is InChI=1S/C8H16N2O3S/c1-3-8(7-9)14(12,13)10(4-2)5-6-11/h8,11H,3-6H2,1-2H3. The average Bonchev–Trinajstić information content (AvgIpc) is 2.15. The van der Waals surface area contributed by atoms with Crippen LogP contribution in [0.3, 0.4) is 0 Å². The molecule has 0 aliphatic heterocycles. The van der Waals surface area contributed by atoms with Gasteiger partial charge in [-0.2, -0.15) is 9.57 Å². The molecule has 5 nitrogen and oxygen atoms in total. The van der Waals surface area contributed by atoms with Gasteiger partial charge < -0.3 is 5.11 Å². The maximum absolute atomic E-state index is 11.7. The van der Waals surface area contributed by atoms with Crippen molar-refractivity contribution in [3.63, 3.8) is 0 Å². The lowest BCUT2D eigenvalue weighted by molar-refractivity contribution is 0.256. The van der Waals surface area contributed by atoms with Crippen molar-refractivity contribution in [1.29, 1.82) is 5.26 Å². The minimum absolute atomic E-state index is 0.0526. The van der Waals surface area contributed by atoms with Gasteiger partial charge in [0.25, 0.3) is 0 Å². The first-order valence-corrected chi connectivity index (χ1v) is 6.04. The third kappa shape index (κ3) is 2.94. The summed E-state index contributed by atoms with van der Waals surface area (Å²) in [7, 11) is -3.56. The number of likely N-dealkylation sites (N-methyl/N-ethyl adjacent to an activating group) is 1. The molecule has 1 unspecified atom stereocenters. The fourth-order valence-corrected chi connectivity index (χ4v) is 2.74. The number of nitrogens with zero attached hydrogens (tertiary/aromatic N) is 2. The van der Waals surface area contributed by atoms with E-state index >= 15 is 0 Å².